The quantitative estimate of drug-likeness (QED) is 0.515. The van der Waals surface area contributed by atoms with E-state index in [4.69, 9.17) is 0 Å². The zero-order valence-corrected chi connectivity index (χ0v) is 18.4. The van der Waals surface area contributed by atoms with Crippen LogP contribution in [0, 0.1) is 23.5 Å². The van der Waals surface area contributed by atoms with Crippen LogP contribution in [0.5, 0.6) is 0 Å². The number of carbonyl (C=O) groups excluding carboxylic acids is 2. The average molecular weight is 452 g/mol. The molecule has 5 rings (SSSR count). The lowest BCUT2D eigenvalue weighted by molar-refractivity contribution is -0.142. The molecule has 172 valence electrons. The predicted octanol–water partition coefficient (Wildman–Crippen LogP) is 3.58. The fraction of sp³-hybridized carbons (Fsp3) is 0.385. The van der Waals surface area contributed by atoms with Crippen LogP contribution in [0.15, 0.2) is 60.7 Å². The second kappa shape index (κ2) is 9.15. The van der Waals surface area contributed by atoms with E-state index in [0.29, 0.717) is 45.7 Å². The van der Waals surface area contributed by atoms with Gasteiger partial charge >= 0.3 is 0 Å². The molecule has 2 fully saturated rings. The lowest BCUT2D eigenvalue weighted by Gasteiger charge is -2.40. The fourth-order valence-electron chi connectivity index (χ4n) is 5.28. The summed E-state index contributed by atoms with van der Waals surface area (Å²) in [6.45, 7) is 3.15. The van der Waals surface area contributed by atoms with Crippen LogP contribution in [0.1, 0.15) is 30.0 Å². The minimum absolute atomic E-state index is 0.0488. The number of hydrogen-bond acceptors (Lipinski definition) is 4. The summed E-state index contributed by atoms with van der Waals surface area (Å²) in [5.74, 6) is -1.09. The lowest BCUT2D eigenvalue weighted by Crippen LogP contribution is -2.52. The van der Waals surface area contributed by atoms with Gasteiger partial charge in [0.25, 0.3) is 0 Å². The molecule has 2 amide bonds. The molecular formula is C26H27F2N3O2. The Balaban J connectivity index is 1.28. The van der Waals surface area contributed by atoms with Gasteiger partial charge in [0, 0.05) is 26.2 Å². The Morgan fingerprint density at radius 2 is 1.18 bits per heavy atom. The van der Waals surface area contributed by atoms with E-state index in [1.54, 1.807) is 24.3 Å². The molecule has 7 heteroatoms. The largest absolute Gasteiger partial charge is 0.290 e. The first-order valence-electron chi connectivity index (χ1n) is 11.5. The summed E-state index contributed by atoms with van der Waals surface area (Å²) in [7, 11) is 0. The first kappa shape index (κ1) is 21.9. The Bertz CT molecular complexity index is 975. The van der Waals surface area contributed by atoms with Gasteiger partial charge in [0.2, 0.25) is 11.8 Å². The zero-order chi connectivity index (χ0) is 22.9. The van der Waals surface area contributed by atoms with Crippen LogP contribution < -0.4 is 0 Å². The minimum Gasteiger partial charge on any atom is -0.290 e. The molecule has 2 heterocycles. The average Bonchev–Trinajstić information content (AvgIpc) is 3.08. The van der Waals surface area contributed by atoms with Crippen LogP contribution in [0.4, 0.5) is 8.78 Å². The van der Waals surface area contributed by atoms with Crippen molar-refractivity contribution >= 4 is 11.8 Å². The SMILES string of the molecule is O=C1C2CC=CCC2C(=O)N1CN1CCN(C(c2ccc(F)cc2)c2ccc(F)cc2)CC1. The standard InChI is InChI=1S/C26H27F2N3O2/c27-20-9-5-18(6-10-20)24(19-7-11-21(28)12-8-19)30-15-13-29(14-16-30)17-31-25(32)22-3-1-2-4-23(22)26(31)33/h1-2,5-12,22-24H,3-4,13-17H2. The molecule has 0 saturated carbocycles. The van der Waals surface area contributed by atoms with Gasteiger partial charge in [-0.1, -0.05) is 36.4 Å². The van der Waals surface area contributed by atoms with E-state index in [0.717, 1.165) is 11.1 Å². The molecule has 0 spiro atoms. The molecular weight excluding hydrogens is 424 g/mol. The fourth-order valence-corrected chi connectivity index (χ4v) is 5.28. The van der Waals surface area contributed by atoms with Crippen LogP contribution in [-0.2, 0) is 9.59 Å². The molecule has 33 heavy (non-hydrogen) atoms. The molecule has 2 aromatic carbocycles. The highest BCUT2D eigenvalue weighted by molar-refractivity contribution is 6.05. The Hall–Kier alpha value is -2.90. The Morgan fingerprint density at radius 3 is 1.64 bits per heavy atom. The van der Waals surface area contributed by atoms with Gasteiger partial charge in [-0.3, -0.25) is 24.3 Å². The third kappa shape index (κ3) is 4.35. The van der Waals surface area contributed by atoms with Crippen molar-refractivity contribution < 1.29 is 18.4 Å². The number of imide groups is 1. The number of rotatable bonds is 5. The van der Waals surface area contributed by atoms with Gasteiger partial charge in [0.05, 0.1) is 24.5 Å². The normalized spacial score (nSPS) is 24.0. The van der Waals surface area contributed by atoms with Crippen molar-refractivity contribution in [3.8, 4) is 0 Å². The van der Waals surface area contributed by atoms with Crippen molar-refractivity contribution in [3.05, 3.63) is 83.4 Å². The van der Waals surface area contributed by atoms with Crippen molar-refractivity contribution in [2.24, 2.45) is 11.8 Å². The van der Waals surface area contributed by atoms with E-state index in [1.807, 2.05) is 12.2 Å². The van der Waals surface area contributed by atoms with E-state index in [2.05, 4.69) is 9.80 Å². The number of carbonyl (C=O) groups is 2. The Labute approximate surface area is 192 Å². The molecule has 0 N–H and O–H groups in total. The van der Waals surface area contributed by atoms with Crippen LogP contribution >= 0.6 is 0 Å². The van der Waals surface area contributed by atoms with Crippen molar-refractivity contribution in [2.75, 3.05) is 32.8 Å². The highest BCUT2D eigenvalue weighted by atomic mass is 19.1. The van der Waals surface area contributed by atoms with Gasteiger partial charge < -0.3 is 0 Å². The number of likely N-dealkylation sites (tertiary alicyclic amines) is 1. The van der Waals surface area contributed by atoms with E-state index < -0.39 is 0 Å². The number of nitrogens with zero attached hydrogens (tertiary/aromatic N) is 3. The first-order chi connectivity index (χ1) is 16.0. The summed E-state index contributed by atoms with van der Waals surface area (Å²) in [6, 6.07) is 12.7. The molecule has 2 saturated heterocycles. The van der Waals surface area contributed by atoms with Crippen LogP contribution in [0.3, 0.4) is 0 Å². The van der Waals surface area contributed by atoms with Crippen molar-refractivity contribution in [1.82, 2.24) is 14.7 Å². The van der Waals surface area contributed by atoms with Crippen molar-refractivity contribution in [1.29, 1.82) is 0 Å². The summed E-state index contributed by atoms with van der Waals surface area (Å²) in [5, 5.41) is 0. The minimum atomic E-state index is -0.294. The summed E-state index contributed by atoms with van der Waals surface area (Å²) < 4.78 is 27.1. The highest BCUT2D eigenvalue weighted by Crippen LogP contribution is 2.35. The van der Waals surface area contributed by atoms with Crippen LogP contribution in [0.2, 0.25) is 0 Å². The third-order valence-electron chi connectivity index (χ3n) is 7.08. The van der Waals surface area contributed by atoms with Gasteiger partial charge in [-0.2, -0.15) is 0 Å². The molecule has 2 atom stereocenters. The maximum absolute atomic E-state index is 13.5. The zero-order valence-electron chi connectivity index (χ0n) is 18.4. The number of fused-ring (bicyclic) bond motifs is 1. The molecule has 2 aromatic rings. The summed E-state index contributed by atoms with van der Waals surface area (Å²) in [5.41, 5.74) is 1.89. The van der Waals surface area contributed by atoms with E-state index in [-0.39, 0.29) is 41.3 Å². The van der Waals surface area contributed by atoms with Gasteiger partial charge in [-0.25, -0.2) is 8.78 Å². The molecule has 1 aliphatic carbocycles. The molecule has 2 aliphatic heterocycles. The van der Waals surface area contributed by atoms with Crippen LogP contribution in [-0.4, -0.2) is 59.4 Å². The van der Waals surface area contributed by atoms with Gasteiger partial charge in [-0.15, -0.1) is 0 Å². The molecule has 0 aromatic heterocycles. The van der Waals surface area contributed by atoms with Crippen LogP contribution in [0.25, 0.3) is 0 Å². The number of piperazine rings is 1. The maximum atomic E-state index is 13.5. The molecule has 2 unspecified atom stereocenters. The second-order valence-electron chi connectivity index (χ2n) is 9.06. The Kier molecular flexibility index (Phi) is 6.08. The molecule has 3 aliphatic rings. The third-order valence-corrected chi connectivity index (χ3v) is 7.08. The van der Waals surface area contributed by atoms with Gasteiger partial charge in [-0.05, 0) is 48.2 Å². The van der Waals surface area contributed by atoms with Crippen molar-refractivity contribution in [2.45, 2.75) is 18.9 Å². The summed E-state index contributed by atoms with van der Waals surface area (Å²) >= 11 is 0. The van der Waals surface area contributed by atoms with Gasteiger partial charge in [0.1, 0.15) is 11.6 Å². The number of halogens is 2. The summed E-state index contributed by atoms with van der Waals surface area (Å²) in [6.07, 6.45) is 5.30. The summed E-state index contributed by atoms with van der Waals surface area (Å²) in [4.78, 5) is 31.5. The Morgan fingerprint density at radius 1 is 0.727 bits per heavy atom. The molecule has 5 nitrogen and oxygen atoms in total. The number of allylic oxidation sites excluding steroid dienone is 2. The predicted molar refractivity (Wildman–Crippen MR) is 120 cm³/mol. The number of hydrogen-bond donors (Lipinski definition) is 0. The second-order valence-corrected chi connectivity index (χ2v) is 9.06. The maximum Gasteiger partial charge on any atom is 0.234 e. The van der Waals surface area contributed by atoms with Crippen molar-refractivity contribution in [3.63, 3.8) is 0 Å². The monoisotopic (exact) mass is 451 g/mol. The van der Waals surface area contributed by atoms with Gasteiger partial charge in [0.15, 0.2) is 0 Å². The lowest BCUT2D eigenvalue weighted by atomic mass is 9.85. The topological polar surface area (TPSA) is 43.9 Å². The number of amides is 2. The first-order valence-corrected chi connectivity index (χ1v) is 11.5. The smallest absolute Gasteiger partial charge is 0.234 e. The molecule has 0 radical (unpaired) electrons. The van der Waals surface area contributed by atoms with E-state index >= 15 is 0 Å². The molecule has 0 bridgehead atoms. The highest BCUT2D eigenvalue weighted by Gasteiger charge is 2.47. The number of benzene rings is 2. The van der Waals surface area contributed by atoms with E-state index in [1.165, 1.54) is 29.2 Å². The van der Waals surface area contributed by atoms with E-state index in [9.17, 15) is 18.4 Å².